The van der Waals surface area contributed by atoms with Gasteiger partial charge >= 0.3 is 12.0 Å². The molecular formula is C10H17N3O4. The second-order valence-electron chi connectivity index (χ2n) is 4.00. The molecule has 1 aliphatic heterocycles. The summed E-state index contributed by atoms with van der Waals surface area (Å²) in [4.78, 5) is 34.9. The van der Waals surface area contributed by atoms with Gasteiger partial charge in [-0.25, -0.2) is 9.59 Å². The molecule has 0 spiro atoms. The highest BCUT2D eigenvalue weighted by Gasteiger charge is 2.34. The first-order chi connectivity index (χ1) is 7.97. The van der Waals surface area contributed by atoms with Crippen LogP contribution in [0.4, 0.5) is 4.79 Å². The lowest BCUT2D eigenvalue weighted by molar-refractivity contribution is -0.139. The zero-order valence-corrected chi connectivity index (χ0v) is 9.68. The highest BCUT2D eigenvalue weighted by molar-refractivity contribution is 5.88. The zero-order valence-electron chi connectivity index (χ0n) is 9.68. The largest absolute Gasteiger partial charge is 0.480 e. The summed E-state index contributed by atoms with van der Waals surface area (Å²) in [6.45, 7) is 2.09. The number of carboxylic acid groups (broad SMARTS) is 1. The third-order valence-electron chi connectivity index (χ3n) is 2.85. The van der Waals surface area contributed by atoms with Gasteiger partial charge in [0.05, 0.1) is 0 Å². The summed E-state index contributed by atoms with van der Waals surface area (Å²) >= 11 is 0. The molecule has 1 saturated heterocycles. The van der Waals surface area contributed by atoms with Crippen LogP contribution in [0.1, 0.15) is 26.2 Å². The number of aliphatic carboxylic acids is 1. The summed E-state index contributed by atoms with van der Waals surface area (Å²) in [5.41, 5.74) is 5.17. The number of primary amides is 1. The highest BCUT2D eigenvalue weighted by Crippen LogP contribution is 2.16. The highest BCUT2D eigenvalue weighted by atomic mass is 16.4. The summed E-state index contributed by atoms with van der Waals surface area (Å²) in [5, 5.41) is 11.2. The van der Waals surface area contributed by atoms with Crippen LogP contribution in [-0.2, 0) is 9.59 Å². The summed E-state index contributed by atoms with van der Waals surface area (Å²) in [5.74, 6) is -1.64. The van der Waals surface area contributed by atoms with Crippen LogP contribution in [-0.4, -0.2) is 46.5 Å². The van der Waals surface area contributed by atoms with Gasteiger partial charge in [-0.2, -0.15) is 0 Å². The van der Waals surface area contributed by atoms with Crippen LogP contribution in [0.25, 0.3) is 0 Å². The topological polar surface area (TPSA) is 113 Å². The van der Waals surface area contributed by atoms with Crippen LogP contribution in [0.2, 0.25) is 0 Å². The standard InChI is InChI=1S/C10H17N3O4/c1-2-6(9(15)16)12-10(17)13-5-3-4-7(13)8(11)14/h6-7H,2-5H2,1H3,(H2,11,14)(H,12,17)(H,15,16). The van der Waals surface area contributed by atoms with E-state index in [-0.39, 0.29) is 6.42 Å². The fourth-order valence-corrected chi connectivity index (χ4v) is 1.88. The van der Waals surface area contributed by atoms with Crippen LogP contribution >= 0.6 is 0 Å². The number of carbonyl (C=O) groups is 3. The van der Waals surface area contributed by atoms with Gasteiger partial charge in [0.25, 0.3) is 0 Å². The molecule has 4 N–H and O–H groups in total. The van der Waals surface area contributed by atoms with E-state index in [1.807, 2.05) is 0 Å². The molecule has 1 rings (SSSR count). The number of urea groups is 1. The van der Waals surface area contributed by atoms with Crippen molar-refractivity contribution < 1.29 is 19.5 Å². The minimum Gasteiger partial charge on any atom is -0.480 e. The number of hydrogen-bond donors (Lipinski definition) is 3. The van der Waals surface area contributed by atoms with Crippen molar-refractivity contribution in [2.24, 2.45) is 5.73 Å². The summed E-state index contributed by atoms with van der Waals surface area (Å²) in [7, 11) is 0. The molecule has 96 valence electrons. The molecule has 2 unspecified atom stereocenters. The molecular weight excluding hydrogens is 226 g/mol. The normalized spacial score (nSPS) is 21.0. The molecule has 0 aromatic heterocycles. The van der Waals surface area contributed by atoms with Gasteiger partial charge in [0.1, 0.15) is 12.1 Å². The van der Waals surface area contributed by atoms with E-state index in [0.29, 0.717) is 19.4 Å². The van der Waals surface area contributed by atoms with Gasteiger partial charge < -0.3 is 21.1 Å². The van der Waals surface area contributed by atoms with Gasteiger partial charge in [-0.1, -0.05) is 6.92 Å². The number of rotatable bonds is 4. The summed E-state index contributed by atoms with van der Waals surface area (Å²) < 4.78 is 0. The third kappa shape index (κ3) is 3.08. The van der Waals surface area contributed by atoms with Crippen LogP contribution < -0.4 is 11.1 Å². The molecule has 0 saturated carbocycles. The van der Waals surface area contributed by atoms with Crippen molar-refractivity contribution in [3.05, 3.63) is 0 Å². The van der Waals surface area contributed by atoms with Crippen LogP contribution in [0.15, 0.2) is 0 Å². The second kappa shape index (κ2) is 5.51. The van der Waals surface area contributed by atoms with Crippen LogP contribution in [0.5, 0.6) is 0 Å². The number of carbonyl (C=O) groups excluding carboxylic acids is 2. The Hall–Kier alpha value is -1.79. The van der Waals surface area contributed by atoms with Gasteiger partial charge in [0.15, 0.2) is 0 Å². The smallest absolute Gasteiger partial charge is 0.326 e. The van der Waals surface area contributed by atoms with Crippen molar-refractivity contribution in [1.82, 2.24) is 10.2 Å². The average molecular weight is 243 g/mol. The Morgan fingerprint density at radius 3 is 2.65 bits per heavy atom. The Kier molecular flexibility index (Phi) is 4.30. The van der Waals surface area contributed by atoms with Crippen molar-refractivity contribution in [3.8, 4) is 0 Å². The van der Waals surface area contributed by atoms with Gasteiger partial charge in [-0.15, -0.1) is 0 Å². The first-order valence-electron chi connectivity index (χ1n) is 5.56. The lowest BCUT2D eigenvalue weighted by Gasteiger charge is -2.24. The van der Waals surface area contributed by atoms with E-state index in [9.17, 15) is 14.4 Å². The summed E-state index contributed by atoms with van der Waals surface area (Å²) in [6, 6.07) is -2.10. The zero-order chi connectivity index (χ0) is 13.0. The first kappa shape index (κ1) is 13.3. The molecule has 17 heavy (non-hydrogen) atoms. The Labute approximate surface area is 98.9 Å². The Morgan fingerprint density at radius 2 is 2.18 bits per heavy atom. The fraction of sp³-hybridized carbons (Fsp3) is 0.700. The van der Waals surface area contributed by atoms with E-state index >= 15 is 0 Å². The van der Waals surface area contributed by atoms with Crippen molar-refractivity contribution in [3.63, 3.8) is 0 Å². The number of nitrogens with two attached hydrogens (primary N) is 1. The lowest BCUT2D eigenvalue weighted by atomic mass is 10.2. The van der Waals surface area contributed by atoms with E-state index in [1.165, 1.54) is 4.90 Å². The second-order valence-corrected chi connectivity index (χ2v) is 4.00. The maximum absolute atomic E-state index is 11.8. The number of carboxylic acids is 1. The molecule has 0 aliphatic carbocycles. The van der Waals surface area contributed by atoms with E-state index in [4.69, 9.17) is 10.8 Å². The number of hydrogen-bond acceptors (Lipinski definition) is 3. The minimum absolute atomic E-state index is 0.288. The molecule has 7 heteroatoms. The molecule has 3 amide bonds. The average Bonchev–Trinajstić information content (AvgIpc) is 2.73. The molecule has 0 aromatic rings. The molecule has 7 nitrogen and oxygen atoms in total. The number of likely N-dealkylation sites (tertiary alicyclic amines) is 1. The van der Waals surface area contributed by atoms with Crippen LogP contribution in [0, 0.1) is 0 Å². The molecule has 0 radical (unpaired) electrons. The predicted molar refractivity (Wildman–Crippen MR) is 59.2 cm³/mol. The monoisotopic (exact) mass is 243 g/mol. The van der Waals surface area contributed by atoms with Gasteiger partial charge in [0.2, 0.25) is 5.91 Å². The number of nitrogens with zero attached hydrogens (tertiary/aromatic N) is 1. The van der Waals surface area contributed by atoms with Crippen molar-refractivity contribution in [1.29, 1.82) is 0 Å². The predicted octanol–water partition coefficient (Wildman–Crippen LogP) is -0.491. The molecule has 2 atom stereocenters. The molecule has 1 fully saturated rings. The quantitative estimate of drug-likeness (QED) is 0.618. The maximum atomic E-state index is 11.8. The van der Waals surface area contributed by atoms with Gasteiger partial charge in [-0.3, -0.25) is 4.79 Å². The molecule has 1 heterocycles. The minimum atomic E-state index is -1.09. The third-order valence-corrected chi connectivity index (χ3v) is 2.85. The maximum Gasteiger partial charge on any atom is 0.326 e. The van der Waals surface area contributed by atoms with Crippen molar-refractivity contribution >= 4 is 17.9 Å². The molecule has 0 bridgehead atoms. The molecule has 0 aromatic carbocycles. The molecule has 1 aliphatic rings. The fourth-order valence-electron chi connectivity index (χ4n) is 1.88. The summed E-state index contributed by atoms with van der Waals surface area (Å²) in [6.07, 6.45) is 1.52. The number of nitrogens with one attached hydrogen (secondary N) is 1. The van der Waals surface area contributed by atoms with E-state index in [0.717, 1.165) is 0 Å². The van der Waals surface area contributed by atoms with Crippen LogP contribution in [0.3, 0.4) is 0 Å². The van der Waals surface area contributed by atoms with Crippen molar-refractivity contribution in [2.75, 3.05) is 6.54 Å². The van der Waals surface area contributed by atoms with E-state index in [2.05, 4.69) is 5.32 Å². The van der Waals surface area contributed by atoms with E-state index < -0.39 is 30.0 Å². The Balaban J connectivity index is 2.63. The number of amides is 3. The van der Waals surface area contributed by atoms with Gasteiger partial charge in [-0.05, 0) is 19.3 Å². The lowest BCUT2D eigenvalue weighted by Crippen LogP contribution is -2.52. The Bertz CT molecular complexity index is 332. The van der Waals surface area contributed by atoms with Crippen molar-refractivity contribution in [2.45, 2.75) is 38.3 Å². The van der Waals surface area contributed by atoms with E-state index in [1.54, 1.807) is 6.92 Å². The van der Waals surface area contributed by atoms with Gasteiger partial charge in [0, 0.05) is 6.54 Å². The first-order valence-corrected chi connectivity index (χ1v) is 5.56. The SMILES string of the molecule is CCC(NC(=O)N1CCCC1C(N)=O)C(=O)O. The Morgan fingerprint density at radius 1 is 1.53 bits per heavy atom.